The summed E-state index contributed by atoms with van der Waals surface area (Å²) in [5.41, 5.74) is 5.19. The zero-order valence-corrected chi connectivity index (χ0v) is 26.4. The van der Waals surface area contributed by atoms with Crippen LogP contribution in [0.3, 0.4) is 0 Å². The molecule has 2 aromatic carbocycles. The van der Waals surface area contributed by atoms with Crippen LogP contribution in [0.1, 0.15) is 62.8 Å². The summed E-state index contributed by atoms with van der Waals surface area (Å²) >= 11 is 0. The van der Waals surface area contributed by atoms with E-state index in [1.807, 2.05) is 56.9 Å². The average molecular weight is 585 g/mol. The van der Waals surface area contributed by atoms with Crippen molar-refractivity contribution in [3.05, 3.63) is 76.1 Å². The molecule has 0 radical (unpaired) electrons. The molecule has 0 atom stereocenters. The van der Waals surface area contributed by atoms with Crippen molar-refractivity contribution in [3.8, 4) is 12.1 Å². The smallest absolute Gasteiger partial charge is 0.410 e. The van der Waals surface area contributed by atoms with Gasteiger partial charge in [-0.25, -0.2) is 4.79 Å². The number of amides is 2. The van der Waals surface area contributed by atoms with Gasteiger partial charge in [0.1, 0.15) is 18.0 Å². The molecule has 9 nitrogen and oxygen atoms in total. The van der Waals surface area contributed by atoms with E-state index in [1.165, 1.54) is 11.1 Å². The van der Waals surface area contributed by atoms with Crippen molar-refractivity contribution in [1.29, 1.82) is 10.5 Å². The minimum atomic E-state index is -0.346. The fourth-order valence-corrected chi connectivity index (χ4v) is 5.54. The molecule has 1 aliphatic heterocycles. The van der Waals surface area contributed by atoms with Crippen LogP contribution < -0.4 is 4.90 Å². The fourth-order valence-electron chi connectivity index (χ4n) is 5.54. The van der Waals surface area contributed by atoms with E-state index >= 15 is 0 Å². The molecule has 0 unspecified atom stereocenters. The summed E-state index contributed by atoms with van der Waals surface area (Å²) in [6.45, 7) is 15.5. The molecule has 1 heterocycles. The molecule has 0 N–H and O–H groups in total. The van der Waals surface area contributed by atoms with E-state index < -0.39 is 0 Å². The Labute approximate surface area is 256 Å². The van der Waals surface area contributed by atoms with E-state index in [1.54, 1.807) is 9.80 Å². The van der Waals surface area contributed by atoms with Gasteiger partial charge >= 0.3 is 6.09 Å². The summed E-state index contributed by atoms with van der Waals surface area (Å²) in [6, 6.07) is 18.2. The molecule has 0 bridgehead atoms. The predicted molar refractivity (Wildman–Crippen MR) is 168 cm³/mol. The summed E-state index contributed by atoms with van der Waals surface area (Å²) < 4.78 is 5.42. The van der Waals surface area contributed by atoms with Crippen LogP contribution in [-0.4, -0.2) is 65.5 Å². The number of anilines is 1. The van der Waals surface area contributed by atoms with Gasteiger partial charge in [0, 0.05) is 57.9 Å². The lowest BCUT2D eigenvalue weighted by molar-refractivity contribution is -0.118. The first-order valence-electron chi connectivity index (χ1n) is 15.1. The van der Waals surface area contributed by atoms with Crippen LogP contribution >= 0.6 is 0 Å². The highest BCUT2D eigenvalue weighted by Gasteiger charge is 2.29. The first-order chi connectivity index (χ1) is 20.6. The Morgan fingerprint density at radius 1 is 0.977 bits per heavy atom. The maximum atomic E-state index is 13.5. The molecular formula is C34H44N6O3. The van der Waals surface area contributed by atoms with Crippen LogP contribution in [0.4, 0.5) is 10.5 Å². The predicted octanol–water partition coefficient (Wildman–Crippen LogP) is 5.88. The largest absolute Gasteiger partial charge is 0.447 e. The Morgan fingerprint density at radius 2 is 1.65 bits per heavy atom. The zero-order chi connectivity index (χ0) is 31.5. The molecule has 0 aliphatic carbocycles. The number of hydrogen-bond acceptors (Lipinski definition) is 7. The highest BCUT2D eigenvalue weighted by Crippen LogP contribution is 2.26. The van der Waals surface area contributed by atoms with Gasteiger partial charge in [-0.05, 0) is 64.3 Å². The number of carbonyl (C=O) groups excluding carboxylic acids is 2. The molecule has 228 valence electrons. The van der Waals surface area contributed by atoms with Gasteiger partial charge < -0.3 is 24.3 Å². The van der Waals surface area contributed by atoms with Gasteiger partial charge in [0.2, 0.25) is 5.91 Å². The third kappa shape index (κ3) is 8.99. The fraction of sp³-hybridized carbons (Fsp3) is 0.471. The monoisotopic (exact) mass is 584 g/mol. The summed E-state index contributed by atoms with van der Waals surface area (Å²) in [5.74, 6) is 0.540. The van der Waals surface area contributed by atoms with Crippen molar-refractivity contribution in [2.75, 3.05) is 37.6 Å². The van der Waals surface area contributed by atoms with Crippen molar-refractivity contribution in [2.45, 2.75) is 73.6 Å². The number of benzene rings is 2. The van der Waals surface area contributed by atoms with Crippen molar-refractivity contribution < 1.29 is 14.3 Å². The number of nitrogens with zero attached hydrogens (tertiary/aromatic N) is 6. The summed E-state index contributed by atoms with van der Waals surface area (Å²) in [5, 5.41) is 19.5. The number of nitriles is 2. The van der Waals surface area contributed by atoms with Crippen LogP contribution in [0.25, 0.3) is 0 Å². The van der Waals surface area contributed by atoms with Crippen LogP contribution in [0, 0.1) is 36.5 Å². The number of hydrogen-bond donors (Lipinski definition) is 0. The topological polar surface area (TPSA) is 104 Å². The Bertz CT molecular complexity index is 1370. The number of carbonyl (C=O) groups is 2. The maximum absolute atomic E-state index is 13.5. The number of ether oxygens (including phenoxy) is 1. The Kier molecular flexibility index (Phi) is 12.0. The lowest BCUT2D eigenvalue weighted by Crippen LogP contribution is -2.35. The second-order valence-corrected chi connectivity index (χ2v) is 11.2. The molecule has 1 saturated heterocycles. The molecular weight excluding hydrogens is 540 g/mol. The standard InChI is InChI=1S/C34H44N6O3/c1-7-13-39(34(42)43-25(3)4)23-28-10-9-11-31(20-28)40(8-2)32(41)12-14-37-15-16-38(33(37)30(21-35)22-36)24-29-18-26(5)17-27(6)19-29/h9-11,17-20,25H,7-8,12-16,23-24H2,1-6H3. The van der Waals surface area contributed by atoms with Crippen molar-refractivity contribution in [3.63, 3.8) is 0 Å². The van der Waals surface area contributed by atoms with E-state index in [0.717, 1.165) is 23.2 Å². The normalized spacial score (nSPS) is 12.6. The number of allylic oxidation sites excluding steroid dienone is 1. The zero-order valence-electron chi connectivity index (χ0n) is 26.4. The van der Waals surface area contributed by atoms with Crippen LogP contribution in [-0.2, 0) is 22.6 Å². The van der Waals surface area contributed by atoms with Gasteiger partial charge in [-0.15, -0.1) is 0 Å². The van der Waals surface area contributed by atoms with Gasteiger partial charge in [0.15, 0.2) is 5.57 Å². The highest BCUT2D eigenvalue weighted by atomic mass is 16.6. The van der Waals surface area contributed by atoms with Crippen LogP contribution in [0.15, 0.2) is 53.9 Å². The van der Waals surface area contributed by atoms with Gasteiger partial charge in [0.25, 0.3) is 0 Å². The lowest BCUT2D eigenvalue weighted by atomic mass is 10.1. The molecule has 0 spiro atoms. The second kappa shape index (κ2) is 15.7. The van der Waals surface area contributed by atoms with Gasteiger partial charge in [-0.2, -0.15) is 10.5 Å². The SMILES string of the molecule is CCCN(Cc1cccc(N(CC)C(=O)CCN2CCN(Cc3cc(C)cc(C)c3)C2=C(C#N)C#N)c1)C(=O)OC(C)C. The van der Waals surface area contributed by atoms with E-state index in [4.69, 9.17) is 4.74 Å². The van der Waals surface area contributed by atoms with Crippen molar-refractivity contribution in [2.24, 2.45) is 0 Å². The molecule has 2 amide bonds. The molecule has 1 aliphatic rings. The van der Waals surface area contributed by atoms with E-state index in [9.17, 15) is 20.1 Å². The van der Waals surface area contributed by atoms with Crippen LogP contribution in [0.5, 0.6) is 0 Å². The molecule has 9 heteroatoms. The number of rotatable bonds is 12. The van der Waals surface area contributed by atoms with Gasteiger partial charge in [-0.1, -0.05) is 48.4 Å². The maximum Gasteiger partial charge on any atom is 0.410 e. The van der Waals surface area contributed by atoms with E-state index in [2.05, 4.69) is 49.1 Å². The highest BCUT2D eigenvalue weighted by molar-refractivity contribution is 5.93. The first kappa shape index (κ1) is 33.0. The molecule has 3 rings (SSSR count). The third-order valence-electron chi connectivity index (χ3n) is 7.24. The Balaban J connectivity index is 1.73. The van der Waals surface area contributed by atoms with Crippen LogP contribution in [0.2, 0.25) is 0 Å². The molecule has 43 heavy (non-hydrogen) atoms. The summed E-state index contributed by atoms with van der Waals surface area (Å²) in [4.78, 5) is 33.6. The lowest BCUT2D eigenvalue weighted by Gasteiger charge is -2.27. The quantitative estimate of drug-likeness (QED) is 0.287. The first-order valence-corrected chi connectivity index (χ1v) is 15.1. The Morgan fingerprint density at radius 3 is 2.26 bits per heavy atom. The third-order valence-corrected chi connectivity index (χ3v) is 7.24. The molecule has 1 fully saturated rings. The minimum Gasteiger partial charge on any atom is -0.447 e. The minimum absolute atomic E-state index is 0.0492. The summed E-state index contributed by atoms with van der Waals surface area (Å²) in [7, 11) is 0. The van der Waals surface area contributed by atoms with Crippen molar-refractivity contribution in [1.82, 2.24) is 14.7 Å². The summed E-state index contributed by atoms with van der Waals surface area (Å²) in [6.07, 6.45) is 0.487. The van der Waals surface area contributed by atoms with E-state index in [0.29, 0.717) is 51.6 Å². The molecule has 2 aromatic rings. The van der Waals surface area contributed by atoms with Crippen molar-refractivity contribution >= 4 is 17.7 Å². The second-order valence-electron chi connectivity index (χ2n) is 11.2. The van der Waals surface area contributed by atoms with Gasteiger partial charge in [0.05, 0.1) is 6.10 Å². The average Bonchev–Trinajstić information content (AvgIpc) is 3.34. The molecule has 0 aromatic heterocycles. The molecule has 0 saturated carbocycles. The Hall–Kier alpha value is -4.50. The van der Waals surface area contributed by atoms with Gasteiger partial charge in [-0.3, -0.25) is 4.79 Å². The number of aryl methyl sites for hydroxylation is 2. The van der Waals surface area contributed by atoms with E-state index in [-0.39, 0.29) is 30.1 Å².